The standard InChI is InChI=1S/C9H12N4O2S/c1-7-9(6-11-13-7)16(14,15)12-5-8-2-3-10-4-8/h2-4,6,10,12H,5H2,1H3,(H,11,13). The van der Waals surface area contributed by atoms with Crippen molar-refractivity contribution in [3.05, 3.63) is 35.9 Å². The van der Waals surface area contributed by atoms with E-state index in [1.54, 1.807) is 19.3 Å². The molecule has 3 N–H and O–H groups in total. The van der Waals surface area contributed by atoms with Gasteiger partial charge >= 0.3 is 0 Å². The van der Waals surface area contributed by atoms with E-state index < -0.39 is 10.0 Å². The van der Waals surface area contributed by atoms with E-state index in [1.165, 1.54) is 6.20 Å². The maximum atomic E-state index is 11.8. The van der Waals surface area contributed by atoms with Gasteiger partial charge in [-0.15, -0.1) is 0 Å². The Balaban J connectivity index is 2.13. The van der Waals surface area contributed by atoms with Crippen molar-refractivity contribution >= 4 is 10.0 Å². The monoisotopic (exact) mass is 240 g/mol. The Morgan fingerprint density at radius 1 is 1.50 bits per heavy atom. The third-order valence-electron chi connectivity index (χ3n) is 2.20. The summed E-state index contributed by atoms with van der Waals surface area (Å²) in [6.45, 7) is 1.92. The molecular formula is C9H12N4O2S. The molecule has 0 spiro atoms. The Morgan fingerprint density at radius 2 is 2.31 bits per heavy atom. The quantitative estimate of drug-likeness (QED) is 0.727. The second-order valence-electron chi connectivity index (χ2n) is 3.40. The van der Waals surface area contributed by atoms with Gasteiger partial charge in [-0.25, -0.2) is 13.1 Å². The molecule has 6 nitrogen and oxygen atoms in total. The fourth-order valence-corrected chi connectivity index (χ4v) is 2.49. The van der Waals surface area contributed by atoms with Gasteiger partial charge in [-0.1, -0.05) is 0 Å². The minimum atomic E-state index is -3.48. The summed E-state index contributed by atoms with van der Waals surface area (Å²) in [5.41, 5.74) is 1.41. The molecular weight excluding hydrogens is 228 g/mol. The first-order chi connectivity index (χ1) is 7.59. The van der Waals surface area contributed by atoms with Gasteiger partial charge in [0.1, 0.15) is 4.90 Å². The Kier molecular flexibility index (Phi) is 2.80. The molecule has 2 rings (SSSR count). The van der Waals surface area contributed by atoms with Crippen molar-refractivity contribution in [1.29, 1.82) is 0 Å². The Hall–Kier alpha value is -1.60. The van der Waals surface area contributed by atoms with Gasteiger partial charge < -0.3 is 4.98 Å². The van der Waals surface area contributed by atoms with Gasteiger partial charge in [-0.2, -0.15) is 5.10 Å². The van der Waals surface area contributed by atoms with Crippen LogP contribution in [0.4, 0.5) is 0 Å². The maximum Gasteiger partial charge on any atom is 0.244 e. The molecule has 2 heterocycles. The van der Waals surface area contributed by atoms with E-state index in [0.29, 0.717) is 5.69 Å². The van der Waals surface area contributed by atoms with Crippen LogP contribution in [0.2, 0.25) is 0 Å². The number of aromatic nitrogens is 3. The SMILES string of the molecule is Cc1[nH]ncc1S(=O)(=O)NCc1cc[nH]c1. The van der Waals surface area contributed by atoms with Crippen molar-refractivity contribution in [2.24, 2.45) is 0 Å². The van der Waals surface area contributed by atoms with Crippen LogP contribution in [0.3, 0.4) is 0 Å². The minimum absolute atomic E-state index is 0.183. The molecule has 0 aliphatic rings. The van der Waals surface area contributed by atoms with Crippen molar-refractivity contribution < 1.29 is 8.42 Å². The summed E-state index contributed by atoms with van der Waals surface area (Å²) < 4.78 is 26.2. The molecule has 0 fully saturated rings. The summed E-state index contributed by atoms with van der Waals surface area (Å²) in [5.74, 6) is 0. The Labute approximate surface area is 93.1 Å². The number of sulfonamides is 1. The second-order valence-corrected chi connectivity index (χ2v) is 5.14. The van der Waals surface area contributed by atoms with E-state index >= 15 is 0 Å². The van der Waals surface area contributed by atoms with E-state index in [1.807, 2.05) is 6.07 Å². The molecule has 0 saturated carbocycles. The van der Waals surface area contributed by atoms with Crippen LogP contribution in [0.15, 0.2) is 29.6 Å². The average molecular weight is 240 g/mol. The smallest absolute Gasteiger partial charge is 0.244 e. The molecule has 0 aromatic carbocycles. The van der Waals surface area contributed by atoms with Crippen LogP contribution < -0.4 is 4.72 Å². The average Bonchev–Trinajstić information content (AvgIpc) is 2.85. The fourth-order valence-electron chi connectivity index (χ4n) is 1.34. The Bertz CT molecular complexity index is 556. The summed E-state index contributed by atoms with van der Waals surface area (Å²) in [6.07, 6.45) is 4.78. The molecule has 0 amide bonds. The van der Waals surface area contributed by atoms with Crippen LogP contribution >= 0.6 is 0 Å². The molecule has 0 bridgehead atoms. The molecule has 2 aromatic heterocycles. The second kappa shape index (κ2) is 4.11. The van der Waals surface area contributed by atoms with Gasteiger partial charge in [-0.3, -0.25) is 5.10 Å². The van der Waals surface area contributed by atoms with Gasteiger partial charge in [-0.05, 0) is 18.6 Å². The van der Waals surface area contributed by atoms with Crippen LogP contribution in [0, 0.1) is 6.92 Å². The highest BCUT2D eigenvalue weighted by molar-refractivity contribution is 7.89. The number of nitrogens with one attached hydrogen (secondary N) is 3. The topological polar surface area (TPSA) is 90.6 Å². The van der Waals surface area contributed by atoms with Crippen LogP contribution in [-0.4, -0.2) is 23.6 Å². The lowest BCUT2D eigenvalue weighted by atomic mass is 10.4. The van der Waals surface area contributed by atoms with Crippen LogP contribution in [0.25, 0.3) is 0 Å². The maximum absolute atomic E-state index is 11.8. The summed E-state index contributed by atoms with van der Waals surface area (Å²) in [5, 5.41) is 6.28. The first kappa shape index (κ1) is 10.9. The van der Waals surface area contributed by atoms with Gasteiger partial charge in [0, 0.05) is 18.9 Å². The number of aryl methyl sites for hydroxylation is 1. The predicted octanol–water partition coefficient (Wildman–Crippen LogP) is 0.525. The largest absolute Gasteiger partial charge is 0.367 e. The van der Waals surface area contributed by atoms with Crippen LogP contribution in [0.1, 0.15) is 11.3 Å². The third-order valence-corrected chi connectivity index (χ3v) is 3.72. The summed E-state index contributed by atoms with van der Waals surface area (Å²) in [4.78, 5) is 3.04. The first-order valence-corrected chi connectivity index (χ1v) is 6.19. The molecule has 7 heteroatoms. The zero-order valence-electron chi connectivity index (χ0n) is 8.69. The van der Waals surface area contributed by atoms with Crippen molar-refractivity contribution in [2.45, 2.75) is 18.4 Å². The van der Waals surface area contributed by atoms with Gasteiger partial charge in [0.2, 0.25) is 10.0 Å². The van der Waals surface area contributed by atoms with Crippen molar-refractivity contribution in [1.82, 2.24) is 19.9 Å². The molecule has 0 radical (unpaired) electrons. The number of hydrogen-bond donors (Lipinski definition) is 3. The minimum Gasteiger partial charge on any atom is -0.367 e. The third kappa shape index (κ3) is 2.15. The highest BCUT2D eigenvalue weighted by Crippen LogP contribution is 2.11. The fraction of sp³-hybridized carbons (Fsp3) is 0.222. The number of nitrogens with zero attached hydrogens (tertiary/aromatic N) is 1. The molecule has 16 heavy (non-hydrogen) atoms. The summed E-state index contributed by atoms with van der Waals surface area (Å²) in [7, 11) is -3.48. The molecule has 0 unspecified atom stereocenters. The highest BCUT2D eigenvalue weighted by Gasteiger charge is 2.17. The van der Waals surface area contributed by atoms with Crippen molar-refractivity contribution in [3.63, 3.8) is 0 Å². The number of H-pyrrole nitrogens is 2. The molecule has 0 atom stereocenters. The van der Waals surface area contributed by atoms with E-state index in [-0.39, 0.29) is 11.4 Å². The normalized spacial score (nSPS) is 11.8. The molecule has 0 aliphatic carbocycles. The van der Waals surface area contributed by atoms with E-state index in [2.05, 4.69) is 19.9 Å². The lowest BCUT2D eigenvalue weighted by Crippen LogP contribution is -2.23. The summed E-state index contributed by atoms with van der Waals surface area (Å²) >= 11 is 0. The molecule has 86 valence electrons. The highest BCUT2D eigenvalue weighted by atomic mass is 32.2. The lowest BCUT2D eigenvalue weighted by Gasteiger charge is -2.03. The molecule has 2 aromatic rings. The van der Waals surface area contributed by atoms with Gasteiger partial charge in [0.15, 0.2) is 0 Å². The van der Waals surface area contributed by atoms with Crippen molar-refractivity contribution in [2.75, 3.05) is 0 Å². The predicted molar refractivity (Wildman–Crippen MR) is 58.1 cm³/mol. The van der Waals surface area contributed by atoms with E-state index in [9.17, 15) is 8.42 Å². The zero-order chi connectivity index (χ0) is 11.6. The summed E-state index contributed by atoms with van der Waals surface area (Å²) in [6, 6.07) is 1.81. The molecule has 0 saturated heterocycles. The van der Waals surface area contributed by atoms with Gasteiger partial charge in [0.25, 0.3) is 0 Å². The Morgan fingerprint density at radius 3 is 2.88 bits per heavy atom. The van der Waals surface area contributed by atoms with E-state index in [0.717, 1.165) is 5.56 Å². The van der Waals surface area contributed by atoms with Crippen LogP contribution in [0.5, 0.6) is 0 Å². The van der Waals surface area contributed by atoms with Gasteiger partial charge in [0.05, 0.1) is 11.9 Å². The van der Waals surface area contributed by atoms with E-state index in [4.69, 9.17) is 0 Å². The zero-order valence-corrected chi connectivity index (χ0v) is 9.50. The number of rotatable bonds is 4. The van der Waals surface area contributed by atoms with Crippen LogP contribution in [-0.2, 0) is 16.6 Å². The number of hydrogen-bond acceptors (Lipinski definition) is 3. The lowest BCUT2D eigenvalue weighted by molar-refractivity contribution is 0.581. The number of aromatic amines is 2. The molecule has 0 aliphatic heterocycles. The first-order valence-electron chi connectivity index (χ1n) is 4.71. The van der Waals surface area contributed by atoms with Crippen molar-refractivity contribution in [3.8, 4) is 0 Å².